The second kappa shape index (κ2) is 8.83. The number of anilines is 2. The van der Waals surface area contributed by atoms with Crippen molar-refractivity contribution in [3.8, 4) is 0 Å². The van der Waals surface area contributed by atoms with Gasteiger partial charge in [-0.15, -0.1) is 0 Å². The lowest BCUT2D eigenvalue weighted by atomic mass is 10.1. The third kappa shape index (κ3) is 5.32. The number of sulfonamides is 2. The van der Waals surface area contributed by atoms with Crippen molar-refractivity contribution in [2.24, 2.45) is 0 Å². The fourth-order valence-electron chi connectivity index (χ4n) is 3.20. The Morgan fingerprint density at radius 1 is 0.697 bits per heavy atom. The molecule has 11 heteroatoms. The molecular formula is C22H23N3O6S2. The first kappa shape index (κ1) is 24.2. The highest BCUT2D eigenvalue weighted by Crippen LogP contribution is 2.28. The maximum absolute atomic E-state index is 13.0. The summed E-state index contributed by atoms with van der Waals surface area (Å²) < 4.78 is 56.7. The first-order valence-electron chi connectivity index (χ1n) is 9.79. The second-order valence-corrected chi connectivity index (χ2v) is 11.0. The molecule has 0 unspecified atom stereocenters. The van der Waals surface area contributed by atoms with Crippen molar-refractivity contribution in [1.82, 2.24) is 0 Å². The Morgan fingerprint density at radius 3 is 1.97 bits per heavy atom. The van der Waals surface area contributed by atoms with Gasteiger partial charge in [0.05, 0.1) is 26.1 Å². The molecular weight excluding hydrogens is 466 g/mol. The van der Waals surface area contributed by atoms with Crippen molar-refractivity contribution in [3.63, 3.8) is 0 Å². The molecule has 0 aliphatic rings. The van der Waals surface area contributed by atoms with E-state index in [4.69, 9.17) is 0 Å². The molecule has 9 nitrogen and oxygen atoms in total. The van der Waals surface area contributed by atoms with E-state index < -0.39 is 25.0 Å². The molecule has 174 valence electrons. The fourth-order valence-corrected chi connectivity index (χ4v) is 5.75. The van der Waals surface area contributed by atoms with Gasteiger partial charge >= 0.3 is 0 Å². The van der Waals surface area contributed by atoms with Crippen LogP contribution >= 0.6 is 0 Å². The molecule has 0 spiro atoms. The summed E-state index contributed by atoms with van der Waals surface area (Å²) in [6.07, 6.45) is 0. The lowest BCUT2D eigenvalue weighted by molar-refractivity contribution is -0.385. The molecule has 0 aromatic heterocycles. The van der Waals surface area contributed by atoms with Gasteiger partial charge in [0.2, 0.25) is 0 Å². The first-order valence-corrected chi connectivity index (χ1v) is 12.8. The number of benzene rings is 3. The van der Waals surface area contributed by atoms with Gasteiger partial charge in [-0.25, -0.2) is 16.8 Å². The average molecular weight is 490 g/mol. The SMILES string of the molecule is Cc1ccc(NS(=O)(=O)c2ccc(C)c(NS(=O)(=O)c3cc([N+](=O)[O-])ccc3C)c2)c(C)c1. The summed E-state index contributed by atoms with van der Waals surface area (Å²) in [6.45, 7) is 6.81. The monoisotopic (exact) mass is 489 g/mol. The van der Waals surface area contributed by atoms with Crippen LogP contribution in [0.15, 0.2) is 64.4 Å². The Balaban J connectivity index is 1.98. The number of nitro groups is 1. The van der Waals surface area contributed by atoms with E-state index >= 15 is 0 Å². The van der Waals surface area contributed by atoms with Gasteiger partial charge < -0.3 is 0 Å². The Morgan fingerprint density at radius 2 is 1.33 bits per heavy atom. The first-order chi connectivity index (χ1) is 15.3. The predicted octanol–water partition coefficient (Wildman–Crippen LogP) is 4.43. The molecule has 0 amide bonds. The molecule has 33 heavy (non-hydrogen) atoms. The zero-order valence-corrected chi connectivity index (χ0v) is 20.0. The van der Waals surface area contributed by atoms with Crippen LogP contribution in [0.2, 0.25) is 0 Å². The van der Waals surface area contributed by atoms with Crippen LogP contribution in [0.5, 0.6) is 0 Å². The maximum atomic E-state index is 13.0. The number of nitro benzene ring substituents is 1. The molecule has 2 N–H and O–H groups in total. The molecule has 0 heterocycles. The minimum atomic E-state index is -4.22. The van der Waals surface area contributed by atoms with E-state index in [1.807, 2.05) is 13.0 Å². The molecule has 0 aliphatic heterocycles. The summed E-state index contributed by atoms with van der Waals surface area (Å²) in [5.41, 5.74) is 2.61. The van der Waals surface area contributed by atoms with E-state index in [1.165, 1.54) is 37.3 Å². The van der Waals surface area contributed by atoms with Gasteiger partial charge in [0.25, 0.3) is 25.7 Å². The molecule has 3 aromatic carbocycles. The molecule has 0 fully saturated rings. The van der Waals surface area contributed by atoms with Gasteiger partial charge in [0.1, 0.15) is 0 Å². The molecule has 0 bridgehead atoms. The molecule has 3 rings (SSSR count). The summed E-state index contributed by atoms with van der Waals surface area (Å²) in [4.78, 5) is 9.98. The third-order valence-corrected chi connectivity index (χ3v) is 7.93. The van der Waals surface area contributed by atoms with E-state index in [2.05, 4.69) is 9.44 Å². The van der Waals surface area contributed by atoms with Gasteiger partial charge in [-0.2, -0.15) is 0 Å². The number of non-ortho nitro benzene ring substituents is 1. The normalized spacial score (nSPS) is 11.8. The number of hydrogen-bond donors (Lipinski definition) is 2. The van der Waals surface area contributed by atoms with E-state index in [0.717, 1.165) is 17.2 Å². The Labute approximate surface area is 192 Å². The van der Waals surface area contributed by atoms with Crippen molar-refractivity contribution < 1.29 is 21.8 Å². The highest BCUT2D eigenvalue weighted by molar-refractivity contribution is 7.93. The van der Waals surface area contributed by atoms with Gasteiger partial charge in [-0.05, 0) is 62.6 Å². The number of aryl methyl sites for hydroxylation is 4. The van der Waals surface area contributed by atoms with Gasteiger partial charge in [0, 0.05) is 12.1 Å². The van der Waals surface area contributed by atoms with Gasteiger partial charge in [0.15, 0.2) is 0 Å². The minimum absolute atomic E-state index is 0.0457. The van der Waals surface area contributed by atoms with Crippen LogP contribution in [0.4, 0.5) is 17.1 Å². The van der Waals surface area contributed by atoms with Crippen LogP contribution in [-0.2, 0) is 20.0 Å². The predicted molar refractivity (Wildman–Crippen MR) is 127 cm³/mol. The third-order valence-electron chi connectivity index (χ3n) is 5.06. The quantitative estimate of drug-likeness (QED) is 0.372. The van der Waals surface area contributed by atoms with Crippen LogP contribution in [0.3, 0.4) is 0 Å². The molecule has 0 saturated carbocycles. The zero-order chi connectivity index (χ0) is 24.6. The van der Waals surface area contributed by atoms with Crippen molar-refractivity contribution >= 4 is 37.1 Å². The summed E-state index contributed by atoms with van der Waals surface area (Å²) in [6, 6.07) is 12.9. The molecule has 3 aromatic rings. The average Bonchev–Trinajstić information content (AvgIpc) is 2.71. The van der Waals surface area contributed by atoms with Crippen LogP contribution in [0.25, 0.3) is 0 Å². The van der Waals surface area contributed by atoms with Gasteiger partial charge in [-0.3, -0.25) is 19.6 Å². The summed E-state index contributed by atoms with van der Waals surface area (Å²) in [5.74, 6) is 0. The molecule has 0 radical (unpaired) electrons. The summed E-state index contributed by atoms with van der Waals surface area (Å²) in [5, 5.41) is 11.1. The van der Waals surface area contributed by atoms with E-state index in [0.29, 0.717) is 16.8 Å². The molecule has 0 aliphatic carbocycles. The van der Waals surface area contributed by atoms with Crippen molar-refractivity contribution in [3.05, 3.63) is 87.0 Å². The second-order valence-electron chi connectivity index (χ2n) is 7.71. The van der Waals surface area contributed by atoms with Crippen molar-refractivity contribution in [2.75, 3.05) is 9.44 Å². The number of rotatable bonds is 7. The standard InChI is InChI=1S/C22H23N3O6S2/c1-14-5-10-20(17(4)11-14)23-32(28,29)19-9-7-15(2)21(13-19)24-33(30,31)22-12-18(25(26)27)8-6-16(22)3/h5-13,23-24H,1-4H3. The topological polar surface area (TPSA) is 135 Å². The van der Waals surface area contributed by atoms with Crippen LogP contribution in [-0.4, -0.2) is 21.8 Å². The maximum Gasteiger partial charge on any atom is 0.270 e. The van der Waals surface area contributed by atoms with Gasteiger partial charge in [-0.1, -0.05) is 29.8 Å². The number of nitrogens with one attached hydrogen (secondary N) is 2. The summed E-state index contributed by atoms with van der Waals surface area (Å²) in [7, 11) is -8.23. The summed E-state index contributed by atoms with van der Waals surface area (Å²) >= 11 is 0. The minimum Gasteiger partial charge on any atom is -0.279 e. The van der Waals surface area contributed by atoms with Crippen LogP contribution < -0.4 is 9.44 Å². The zero-order valence-electron chi connectivity index (χ0n) is 18.4. The van der Waals surface area contributed by atoms with Crippen molar-refractivity contribution in [1.29, 1.82) is 0 Å². The van der Waals surface area contributed by atoms with E-state index in [9.17, 15) is 26.9 Å². The highest BCUT2D eigenvalue weighted by atomic mass is 32.2. The fraction of sp³-hybridized carbons (Fsp3) is 0.182. The molecule has 0 saturated heterocycles. The van der Waals surface area contributed by atoms with Crippen LogP contribution in [0.1, 0.15) is 22.3 Å². The molecule has 0 atom stereocenters. The lowest BCUT2D eigenvalue weighted by Gasteiger charge is -2.15. The van der Waals surface area contributed by atoms with Crippen LogP contribution in [0, 0.1) is 37.8 Å². The Hall–Kier alpha value is -3.44. The van der Waals surface area contributed by atoms with E-state index in [-0.39, 0.29) is 21.2 Å². The Kier molecular flexibility index (Phi) is 6.48. The van der Waals surface area contributed by atoms with Crippen molar-refractivity contribution in [2.45, 2.75) is 37.5 Å². The smallest absolute Gasteiger partial charge is 0.270 e. The largest absolute Gasteiger partial charge is 0.279 e. The number of nitrogens with zero attached hydrogens (tertiary/aromatic N) is 1. The lowest BCUT2D eigenvalue weighted by Crippen LogP contribution is -2.17. The number of hydrogen-bond acceptors (Lipinski definition) is 6. The highest BCUT2D eigenvalue weighted by Gasteiger charge is 2.23. The van der Waals surface area contributed by atoms with E-state index in [1.54, 1.807) is 26.0 Å². The Bertz CT molecular complexity index is 1470.